The number of hydrogen-bond acceptors (Lipinski definition) is 3. The zero-order chi connectivity index (χ0) is 13.2. The standard InChI is InChI=1S/C14H8BrClN2O/c15-12-5-9-7-17-8-18-13(9)6-14(12)19-11-3-1-10(16)2-4-11/h1-8H. The molecule has 0 fully saturated rings. The van der Waals surface area contributed by atoms with Gasteiger partial charge >= 0.3 is 0 Å². The molecule has 0 aliphatic rings. The third kappa shape index (κ3) is 2.69. The lowest BCUT2D eigenvalue weighted by atomic mass is 10.2. The molecule has 0 saturated heterocycles. The molecule has 0 atom stereocenters. The van der Waals surface area contributed by atoms with Gasteiger partial charge < -0.3 is 4.74 Å². The molecule has 19 heavy (non-hydrogen) atoms. The van der Waals surface area contributed by atoms with Crippen LogP contribution in [0.1, 0.15) is 0 Å². The highest BCUT2D eigenvalue weighted by atomic mass is 79.9. The molecular formula is C14H8BrClN2O. The summed E-state index contributed by atoms with van der Waals surface area (Å²) in [6, 6.07) is 11.0. The molecule has 0 amide bonds. The maximum absolute atomic E-state index is 5.84. The third-order valence-electron chi connectivity index (χ3n) is 2.60. The molecule has 3 rings (SSSR count). The first-order valence-corrected chi connectivity index (χ1v) is 6.72. The number of hydrogen-bond donors (Lipinski definition) is 0. The lowest BCUT2D eigenvalue weighted by Crippen LogP contribution is -1.88. The monoisotopic (exact) mass is 334 g/mol. The quantitative estimate of drug-likeness (QED) is 0.672. The number of halogens is 2. The fourth-order valence-corrected chi connectivity index (χ4v) is 2.26. The maximum atomic E-state index is 5.84. The number of ether oxygens (including phenoxy) is 1. The van der Waals surface area contributed by atoms with Crippen molar-refractivity contribution in [2.45, 2.75) is 0 Å². The van der Waals surface area contributed by atoms with Crippen molar-refractivity contribution >= 4 is 38.4 Å². The Kier molecular flexibility index (Phi) is 3.36. The summed E-state index contributed by atoms with van der Waals surface area (Å²) < 4.78 is 6.66. The molecule has 94 valence electrons. The van der Waals surface area contributed by atoms with Crippen molar-refractivity contribution in [1.29, 1.82) is 0 Å². The first kappa shape index (κ1) is 12.4. The van der Waals surface area contributed by atoms with Crippen molar-refractivity contribution < 1.29 is 4.74 Å². The summed E-state index contributed by atoms with van der Waals surface area (Å²) in [7, 11) is 0. The van der Waals surface area contributed by atoms with Crippen LogP contribution in [0.3, 0.4) is 0 Å². The molecule has 0 aliphatic heterocycles. The first-order chi connectivity index (χ1) is 9.22. The van der Waals surface area contributed by atoms with Gasteiger partial charge in [0, 0.05) is 22.7 Å². The van der Waals surface area contributed by atoms with Gasteiger partial charge in [-0.1, -0.05) is 11.6 Å². The van der Waals surface area contributed by atoms with Gasteiger partial charge in [-0.15, -0.1) is 0 Å². The molecule has 3 aromatic rings. The topological polar surface area (TPSA) is 35.0 Å². The van der Waals surface area contributed by atoms with Gasteiger partial charge in [-0.05, 0) is 46.3 Å². The van der Waals surface area contributed by atoms with Crippen molar-refractivity contribution in [3.8, 4) is 11.5 Å². The number of fused-ring (bicyclic) bond motifs is 1. The molecular weight excluding hydrogens is 328 g/mol. The van der Waals surface area contributed by atoms with E-state index in [0.717, 1.165) is 21.1 Å². The van der Waals surface area contributed by atoms with E-state index in [-0.39, 0.29) is 0 Å². The van der Waals surface area contributed by atoms with Crippen molar-refractivity contribution in [3.63, 3.8) is 0 Å². The van der Waals surface area contributed by atoms with Gasteiger partial charge in [-0.3, -0.25) is 0 Å². The van der Waals surface area contributed by atoms with Crippen molar-refractivity contribution in [3.05, 3.63) is 58.4 Å². The normalized spacial score (nSPS) is 10.6. The zero-order valence-corrected chi connectivity index (χ0v) is 12.0. The average molecular weight is 336 g/mol. The molecule has 0 spiro atoms. The largest absolute Gasteiger partial charge is 0.456 e. The Labute approximate surface area is 123 Å². The summed E-state index contributed by atoms with van der Waals surface area (Å²) >= 11 is 9.33. The van der Waals surface area contributed by atoms with Crippen molar-refractivity contribution in [1.82, 2.24) is 9.97 Å². The summed E-state index contributed by atoms with van der Waals surface area (Å²) in [4.78, 5) is 8.20. The van der Waals surface area contributed by atoms with Gasteiger partial charge in [-0.2, -0.15) is 0 Å². The van der Waals surface area contributed by atoms with Crippen LogP contribution < -0.4 is 4.74 Å². The molecule has 0 unspecified atom stereocenters. The molecule has 0 saturated carbocycles. The fourth-order valence-electron chi connectivity index (χ4n) is 1.69. The van der Waals surface area contributed by atoms with Crippen LogP contribution >= 0.6 is 27.5 Å². The van der Waals surface area contributed by atoms with E-state index < -0.39 is 0 Å². The van der Waals surface area contributed by atoms with E-state index in [1.165, 1.54) is 6.33 Å². The first-order valence-electron chi connectivity index (χ1n) is 5.55. The van der Waals surface area contributed by atoms with Crippen molar-refractivity contribution in [2.24, 2.45) is 0 Å². The van der Waals surface area contributed by atoms with Gasteiger partial charge in [0.25, 0.3) is 0 Å². The van der Waals surface area contributed by atoms with Gasteiger partial charge in [0.2, 0.25) is 0 Å². The Morgan fingerprint density at radius 2 is 1.89 bits per heavy atom. The molecule has 0 radical (unpaired) electrons. The third-order valence-corrected chi connectivity index (χ3v) is 3.47. The predicted octanol–water partition coefficient (Wildman–Crippen LogP) is 4.84. The molecule has 0 N–H and O–H groups in total. The second-order valence-electron chi connectivity index (χ2n) is 3.92. The van der Waals surface area contributed by atoms with Crippen molar-refractivity contribution in [2.75, 3.05) is 0 Å². The summed E-state index contributed by atoms with van der Waals surface area (Å²) in [6.45, 7) is 0. The lowest BCUT2D eigenvalue weighted by molar-refractivity contribution is 0.480. The van der Waals surface area contributed by atoms with E-state index >= 15 is 0 Å². The predicted molar refractivity (Wildman–Crippen MR) is 78.8 cm³/mol. The minimum atomic E-state index is 0.678. The van der Waals surface area contributed by atoms with Crippen LogP contribution in [-0.2, 0) is 0 Å². The van der Waals surface area contributed by atoms with E-state index in [1.54, 1.807) is 18.3 Å². The van der Waals surface area contributed by atoms with E-state index in [4.69, 9.17) is 16.3 Å². The zero-order valence-electron chi connectivity index (χ0n) is 9.68. The average Bonchev–Trinajstić information content (AvgIpc) is 2.42. The summed E-state index contributed by atoms with van der Waals surface area (Å²) in [6.07, 6.45) is 3.28. The molecule has 1 aromatic heterocycles. The SMILES string of the molecule is Clc1ccc(Oc2cc3ncncc3cc2Br)cc1. The van der Waals surface area contributed by atoms with Gasteiger partial charge in [0.15, 0.2) is 0 Å². The summed E-state index contributed by atoms with van der Waals surface area (Å²) in [5.41, 5.74) is 0.835. The molecule has 2 aromatic carbocycles. The minimum Gasteiger partial charge on any atom is -0.456 e. The van der Waals surface area contributed by atoms with Gasteiger partial charge in [0.05, 0.1) is 9.99 Å². The number of benzene rings is 2. The Hall–Kier alpha value is -1.65. The van der Waals surface area contributed by atoms with E-state index in [2.05, 4.69) is 25.9 Å². The minimum absolute atomic E-state index is 0.678. The van der Waals surface area contributed by atoms with Crippen LogP contribution in [0.2, 0.25) is 5.02 Å². The van der Waals surface area contributed by atoms with Crippen LogP contribution in [0, 0.1) is 0 Å². The lowest BCUT2D eigenvalue weighted by Gasteiger charge is -2.08. The number of aromatic nitrogens is 2. The molecule has 1 heterocycles. The smallest absolute Gasteiger partial charge is 0.143 e. The van der Waals surface area contributed by atoms with Crippen LogP contribution in [0.15, 0.2) is 53.4 Å². The number of rotatable bonds is 2. The Morgan fingerprint density at radius 1 is 1.11 bits per heavy atom. The highest BCUT2D eigenvalue weighted by molar-refractivity contribution is 9.10. The van der Waals surface area contributed by atoms with Crippen LogP contribution in [0.5, 0.6) is 11.5 Å². The molecule has 3 nitrogen and oxygen atoms in total. The summed E-state index contributed by atoms with van der Waals surface area (Å²) in [5, 5.41) is 1.63. The molecule has 0 aliphatic carbocycles. The second kappa shape index (κ2) is 5.15. The second-order valence-corrected chi connectivity index (χ2v) is 5.21. The maximum Gasteiger partial charge on any atom is 0.143 e. The Balaban J connectivity index is 2.00. The van der Waals surface area contributed by atoms with E-state index in [1.807, 2.05) is 24.3 Å². The van der Waals surface area contributed by atoms with E-state index in [0.29, 0.717) is 10.8 Å². The Bertz CT molecular complexity index is 731. The highest BCUT2D eigenvalue weighted by Gasteiger charge is 2.06. The molecule has 0 bridgehead atoms. The van der Waals surface area contributed by atoms with E-state index in [9.17, 15) is 0 Å². The fraction of sp³-hybridized carbons (Fsp3) is 0. The van der Waals surface area contributed by atoms with Crippen LogP contribution in [0.25, 0.3) is 10.9 Å². The Morgan fingerprint density at radius 3 is 2.68 bits per heavy atom. The number of nitrogens with zero attached hydrogens (tertiary/aromatic N) is 2. The molecule has 5 heteroatoms. The summed E-state index contributed by atoms with van der Waals surface area (Å²) in [5.74, 6) is 1.42. The van der Waals surface area contributed by atoms with Crippen LogP contribution in [0.4, 0.5) is 0 Å². The highest BCUT2D eigenvalue weighted by Crippen LogP contribution is 2.33. The van der Waals surface area contributed by atoms with Crippen LogP contribution in [-0.4, -0.2) is 9.97 Å². The van der Waals surface area contributed by atoms with Gasteiger partial charge in [-0.25, -0.2) is 9.97 Å². The van der Waals surface area contributed by atoms with Gasteiger partial charge in [0.1, 0.15) is 17.8 Å².